The Morgan fingerprint density at radius 1 is 1.02 bits per heavy atom. The first-order valence-electron chi connectivity index (χ1n) is 14.3. The fourth-order valence-electron chi connectivity index (χ4n) is 5.89. The molecule has 1 saturated carbocycles. The van der Waals surface area contributed by atoms with Gasteiger partial charge in [-0.3, -0.25) is 9.89 Å². The molecule has 1 aromatic heterocycles. The Kier molecular flexibility index (Phi) is 6.57. The molecule has 0 unspecified atom stereocenters. The number of nitrogens with one attached hydrogen (secondary N) is 1. The third kappa shape index (κ3) is 5.23. The van der Waals surface area contributed by atoms with E-state index in [1.807, 2.05) is 69.6 Å². The van der Waals surface area contributed by atoms with Crippen LogP contribution in [0, 0.1) is 0 Å². The number of carbonyl (C=O) groups excluding carboxylic acids is 1. The number of hydrogen-bond acceptors (Lipinski definition) is 7. The Balaban J connectivity index is 1.03. The molecule has 4 aliphatic rings. The number of hydrogen-bond donors (Lipinski definition) is 1. The molecule has 3 aliphatic heterocycles. The average Bonchev–Trinajstić information content (AvgIpc) is 3.76. The molecule has 1 amide bonds. The van der Waals surface area contributed by atoms with Crippen molar-refractivity contribution in [3.8, 4) is 34.3 Å². The highest BCUT2D eigenvalue weighted by Crippen LogP contribution is 2.48. The minimum atomic E-state index is -0.529. The topological polar surface area (TPSA) is 89.0 Å². The van der Waals surface area contributed by atoms with Crippen LogP contribution in [0.15, 0.2) is 53.8 Å². The number of thioether (sulfide) groups is 1. The zero-order valence-corrected chi connectivity index (χ0v) is 24.4. The number of amides is 1. The molecule has 8 nitrogen and oxygen atoms in total. The van der Waals surface area contributed by atoms with Crippen LogP contribution in [0.25, 0.3) is 16.8 Å². The van der Waals surface area contributed by atoms with Gasteiger partial charge < -0.3 is 19.2 Å². The van der Waals surface area contributed by atoms with E-state index in [9.17, 15) is 4.79 Å². The maximum atomic E-state index is 12.8. The molecule has 2 aromatic carbocycles. The van der Waals surface area contributed by atoms with Crippen molar-refractivity contribution in [1.29, 1.82) is 0 Å². The number of imidazole rings is 1. The first-order chi connectivity index (χ1) is 19.8. The summed E-state index contributed by atoms with van der Waals surface area (Å²) >= 11 is 1.73. The number of ether oxygens (including phenoxy) is 3. The number of allylic oxidation sites excluding steroid dienone is 1. The smallest absolute Gasteiger partial charge is 0.411 e. The van der Waals surface area contributed by atoms with Crippen LogP contribution in [0.2, 0.25) is 0 Å². The third-order valence-corrected chi connectivity index (χ3v) is 9.01. The van der Waals surface area contributed by atoms with Crippen molar-refractivity contribution >= 4 is 29.1 Å². The van der Waals surface area contributed by atoms with Crippen molar-refractivity contribution in [3.05, 3.63) is 60.2 Å². The quantitative estimate of drug-likeness (QED) is 0.266. The van der Waals surface area contributed by atoms with E-state index < -0.39 is 5.60 Å². The second-order valence-electron chi connectivity index (χ2n) is 12.1. The minimum Gasteiger partial charge on any atom is -0.449 e. The van der Waals surface area contributed by atoms with Crippen molar-refractivity contribution in [2.75, 3.05) is 11.6 Å². The van der Waals surface area contributed by atoms with Crippen molar-refractivity contribution in [3.63, 3.8) is 0 Å². The first-order valence-corrected chi connectivity index (χ1v) is 15.5. The van der Waals surface area contributed by atoms with Gasteiger partial charge in [0.25, 0.3) is 0 Å². The van der Waals surface area contributed by atoms with Gasteiger partial charge in [0.1, 0.15) is 11.4 Å². The summed E-state index contributed by atoms with van der Waals surface area (Å²) in [6, 6.07) is 11.9. The maximum absolute atomic E-state index is 12.8. The van der Waals surface area contributed by atoms with E-state index in [2.05, 4.69) is 9.97 Å². The molecule has 1 atom stereocenters. The Hall–Kier alpha value is -3.72. The molecule has 1 N–H and O–H groups in total. The van der Waals surface area contributed by atoms with Crippen molar-refractivity contribution in [2.45, 2.75) is 70.4 Å². The lowest BCUT2D eigenvalue weighted by atomic mass is 9.99. The van der Waals surface area contributed by atoms with E-state index in [0.717, 1.165) is 39.7 Å². The average molecular weight is 571 g/mol. The van der Waals surface area contributed by atoms with E-state index in [-0.39, 0.29) is 12.1 Å². The van der Waals surface area contributed by atoms with Crippen LogP contribution in [-0.4, -0.2) is 49.9 Å². The number of carbonyl (C=O) groups is 1. The van der Waals surface area contributed by atoms with E-state index in [4.69, 9.17) is 19.2 Å². The fraction of sp³-hybridized carbons (Fsp3) is 0.406. The van der Waals surface area contributed by atoms with Crippen LogP contribution >= 0.6 is 11.8 Å². The molecule has 1 aliphatic carbocycles. The highest BCUT2D eigenvalue weighted by molar-refractivity contribution is 7.99. The van der Waals surface area contributed by atoms with Gasteiger partial charge in [-0.1, -0.05) is 18.9 Å². The molecule has 0 spiro atoms. The van der Waals surface area contributed by atoms with E-state index in [1.165, 1.54) is 25.7 Å². The largest absolute Gasteiger partial charge is 0.449 e. The van der Waals surface area contributed by atoms with E-state index in [1.54, 1.807) is 16.7 Å². The molecule has 1 saturated heterocycles. The van der Waals surface area contributed by atoms with Gasteiger partial charge in [0.2, 0.25) is 0 Å². The lowest BCUT2D eigenvalue weighted by Gasteiger charge is -2.28. The molecule has 0 bridgehead atoms. The van der Waals surface area contributed by atoms with Gasteiger partial charge in [-0.25, -0.2) is 9.78 Å². The van der Waals surface area contributed by atoms with Gasteiger partial charge in [-0.2, -0.15) is 0 Å². The molecule has 41 heavy (non-hydrogen) atoms. The lowest BCUT2D eigenvalue weighted by molar-refractivity contribution is 0.0278. The Morgan fingerprint density at radius 3 is 2.46 bits per heavy atom. The van der Waals surface area contributed by atoms with Gasteiger partial charge in [0.05, 0.1) is 23.8 Å². The Labute approximate surface area is 244 Å². The highest BCUT2D eigenvalue weighted by atomic mass is 32.2. The van der Waals surface area contributed by atoms with Gasteiger partial charge in [0, 0.05) is 35.6 Å². The molecule has 7 rings (SSSR count). The molecule has 2 fully saturated rings. The number of fused-ring (bicyclic) bond motifs is 2. The summed E-state index contributed by atoms with van der Waals surface area (Å²) in [6.07, 6.45) is 9.20. The first kappa shape index (κ1) is 26.2. The number of benzene rings is 2. The summed E-state index contributed by atoms with van der Waals surface area (Å²) in [5, 5.41) is 0. The standard InChI is InChI=1S/C32H34N4O4S/c1-32(2,3)40-31(37)36-18-41-17-25(36)23-12-22(15-33-23)20-8-10-26-28(13-20)38-27-11-9-21(14-29(27)39-26)24-16-34-30(35-24)19-6-4-5-7-19/h8-11,13-16,19,25H,4-7,12,17-18H2,1-3H3,(H,34,35)/t25-/m0/s1. The predicted octanol–water partition coefficient (Wildman–Crippen LogP) is 8.13. The van der Waals surface area contributed by atoms with Gasteiger partial charge in [0.15, 0.2) is 23.0 Å². The van der Waals surface area contributed by atoms with Gasteiger partial charge in [-0.15, -0.1) is 11.8 Å². The summed E-state index contributed by atoms with van der Waals surface area (Å²) < 4.78 is 18.2. The number of aliphatic imine (C=N–C) groups is 1. The van der Waals surface area contributed by atoms with Crippen LogP contribution < -0.4 is 9.47 Å². The maximum Gasteiger partial charge on any atom is 0.411 e. The second kappa shape index (κ2) is 10.3. The minimum absolute atomic E-state index is 0.0639. The van der Waals surface area contributed by atoms with Crippen LogP contribution in [0.3, 0.4) is 0 Å². The molecule has 4 heterocycles. The number of aromatic nitrogens is 2. The van der Waals surface area contributed by atoms with Crippen molar-refractivity contribution < 1.29 is 19.0 Å². The van der Waals surface area contributed by atoms with E-state index >= 15 is 0 Å². The molecule has 9 heteroatoms. The van der Waals surface area contributed by atoms with Crippen LogP contribution in [0.1, 0.15) is 70.2 Å². The number of H-pyrrole nitrogens is 1. The second-order valence-corrected chi connectivity index (χ2v) is 13.1. The third-order valence-electron chi connectivity index (χ3n) is 8.00. The molecule has 212 valence electrons. The molecular weight excluding hydrogens is 536 g/mol. The Bertz CT molecular complexity index is 1560. The molecule has 3 aromatic rings. The normalized spacial score (nSPS) is 20.2. The van der Waals surface area contributed by atoms with Crippen LogP contribution in [0.5, 0.6) is 23.0 Å². The number of aromatic amines is 1. The number of nitrogens with zero attached hydrogens (tertiary/aromatic N) is 3. The summed E-state index contributed by atoms with van der Waals surface area (Å²) in [5.74, 6) is 5.78. The van der Waals surface area contributed by atoms with Crippen molar-refractivity contribution in [2.24, 2.45) is 4.99 Å². The monoisotopic (exact) mass is 570 g/mol. The summed E-state index contributed by atoms with van der Waals surface area (Å²) in [6.45, 7) is 5.67. The van der Waals surface area contributed by atoms with Crippen LogP contribution in [0.4, 0.5) is 4.79 Å². The fourth-order valence-corrected chi connectivity index (χ4v) is 7.07. The summed E-state index contributed by atoms with van der Waals surface area (Å²) in [4.78, 5) is 27.5. The summed E-state index contributed by atoms with van der Waals surface area (Å²) in [5.41, 5.74) is 4.59. The lowest BCUT2D eigenvalue weighted by Crippen LogP contribution is -2.44. The van der Waals surface area contributed by atoms with Crippen molar-refractivity contribution in [1.82, 2.24) is 14.9 Å². The zero-order chi connectivity index (χ0) is 28.1. The molecular formula is C32H34N4O4S. The van der Waals surface area contributed by atoms with Crippen LogP contribution in [-0.2, 0) is 4.74 Å². The van der Waals surface area contributed by atoms with Gasteiger partial charge >= 0.3 is 6.09 Å². The highest BCUT2D eigenvalue weighted by Gasteiger charge is 2.37. The zero-order valence-electron chi connectivity index (χ0n) is 23.6. The molecule has 0 radical (unpaired) electrons. The Morgan fingerprint density at radius 2 is 1.73 bits per heavy atom. The summed E-state index contributed by atoms with van der Waals surface area (Å²) in [7, 11) is 0. The SMILES string of the molecule is CC(C)(C)OC(=O)N1CSC[C@H]1C1=NC=C(c2ccc3c(c2)Oc2ccc(-c4cnc(C5CCCC5)[nH]4)cc2O3)C1. The predicted molar refractivity (Wildman–Crippen MR) is 161 cm³/mol. The van der Waals surface area contributed by atoms with E-state index in [0.29, 0.717) is 41.2 Å². The van der Waals surface area contributed by atoms with Gasteiger partial charge in [-0.05, 0) is 75.1 Å². The number of rotatable bonds is 4.